The van der Waals surface area contributed by atoms with Gasteiger partial charge in [0, 0.05) is 27.5 Å². The predicted molar refractivity (Wildman–Crippen MR) is 85.0 cm³/mol. The third-order valence-corrected chi connectivity index (χ3v) is 3.12. The maximum Gasteiger partial charge on any atom is 0.248 e. The number of hydrogen-bond donors (Lipinski definition) is 2. The molecule has 5 heteroatoms. The zero-order valence-electron chi connectivity index (χ0n) is 10.4. The van der Waals surface area contributed by atoms with E-state index in [9.17, 15) is 4.79 Å². The number of nitrogens with two attached hydrogens (primary N) is 1. The Kier molecular flexibility index (Phi) is 4.66. The highest BCUT2D eigenvalue weighted by atomic mass is 35.5. The number of carbonyl (C=O) groups excluding carboxylic acids is 1. The van der Waals surface area contributed by atoms with E-state index in [2.05, 4.69) is 5.32 Å². The van der Waals surface area contributed by atoms with Crippen LogP contribution in [0.2, 0.25) is 10.0 Å². The van der Waals surface area contributed by atoms with Crippen LogP contribution < -0.4 is 11.1 Å². The number of nitrogens with one attached hydrogen (secondary N) is 1. The summed E-state index contributed by atoms with van der Waals surface area (Å²) in [6.07, 6.45) is 3.04. The summed E-state index contributed by atoms with van der Waals surface area (Å²) in [5.74, 6) is -0.249. The molecule has 0 spiro atoms. The topological polar surface area (TPSA) is 55.1 Å². The molecule has 3 N–H and O–H groups in total. The van der Waals surface area contributed by atoms with Gasteiger partial charge < -0.3 is 11.1 Å². The van der Waals surface area contributed by atoms with Gasteiger partial charge in [-0.3, -0.25) is 4.79 Å². The summed E-state index contributed by atoms with van der Waals surface area (Å²) in [5, 5.41) is 3.77. The van der Waals surface area contributed by atoms with E-state index in [1.54, 1.807) is 48.5 Å². The number of halogens is 2. The number of amides is 1. The quantitative estimate of drug-likeness (QED) is 0.658. The fraction of sp³-hybridized carbons (Fsp3) is 0. The van der Waals surface area contributed by atoms with Crippen LogP contribution in [0.25, 0.3) is 6.08 Å². The normalized spacial score (nSPS) is 10.7. The molecule has 20 heavy (non-hydrogen) atoms. The lowest BCUT2D eigenvalue weighted by Gasteiger charge is -2.02. The first-order valence-electron chi connectivity index (χ1n) is 5.84. The lowest BCUT2D eigenvalue weighted by molar-refractivity contribution is -0.111. The van der Waals surface area contributed by atoms with Crippen molar-refractivity contribution in [2.24, 2.45) is 0 Å². The Balaban J connectivity index is 2.03. The number of nitrogen functional groups attached to an aromatic ring is 1. The molecule has 0 bridgehead atoms. The maximum atomic E-state index is 11.8. The van der Waals surface area contributed by atoms with Crippen molar-refractivity contribution in [2.45, 2.75) is 0 Å². The molecule has 0 saturated heterocycles. The fourth-order valence-corrected chi connectivity index (χ4v) is 2.02. The van der Waals surface area contributed by atoms with Gasteiger partial charge in [-0.05, 0) is 48.0 Å². The van der Waals surface area contributed by atoms with Crippen molar-refractivity contribution in [3.63, 3.8) is 0 Å². The molecule has 2 aromatic rings. The predicted octanol–water partition coefficient (Wildman–Crippen LogP) is 4.23. The van der Waals surface area contributed by atoms with Crippen LogP contribution in [0.5, 0.6) is 0 Å². The van der Waals surface area contributed by atoms with E-state index in [0.29, 0.717) is 21.4 Å². The number of hydrogen-bond acceptors (Lipinski definition) is 2. The summed E-state index contributed by atoms with van der Waals surface area (Å²) in [6.45, 7) is 0. The van der Waals surface area contributed by atoms with Crippen molar-refractivity contribution in [1.29, 1.82) is 0 Å². The first-order chi connectivity index (χ1) is 9.54. The maximum absolute atomic E-state index is 11.8. The third kappa shape index (κ3) is 4.02. The summed E-state index contributed by atoms with van der Waals surface area (Å²) in [7, 11) is 0. The summed E-state index contributed by atoms with van der Waals surface area (Å²) >= 11 is 11.8. The minimum Gasteiger partial charge on any atom is -0.399 e. The Morgan fingerprint density at radius 2 is 1.80 bits per heavy atom. The lowest BCUT2D eigenvalue weighted by atomic mass is 10.2. The van der Waals surface area contributed by atoms with Gasteiger partial charge in [0.25, 0.3) is 0 Å². The number of carbonyl (C=O) groups is 1. The Hall–Kier alpha value is -1.97. The number of anilines is 2. The van der Waals surface area contributed by atoms with Crippen molar-refractivity contribution in [3.05, 3.63) is 64.1 Å². The van der Waals surface area contributed by atoms with Gasteiger partial charge >= 0.3 is 0 Å². The van der Waals surface area contributed by atoms with Crippen LogP contribution in [-0.2, 0) is 4.79 Å². The van der Waals surface area contributed by atoms with Crippen LogP contribution in [0.15, 0.2) is 48.5 Å². The van der Waals surface area contributed by atoms with Crippen LogP contribution in [-0.4, -0.2) is 5.91 Å². The molecule has 0 unspecified atom stereocenters. The van der Waals surface area contributed by atoms with Crippen molar-refractivity contribution in [2.75, 3.05) is 11.1 Å². The Bertz CT molecular complexity index is 651. The van der Waals surface area contributed by atoms with E-state index >= 15 is 0 Å². The molecule has 1 amide bonds. The van der Waals surface area contributed by atoms with Crippen molar-refractivity contribution < 1.29 is 4.79 Å². The second kappa shape index (κ2) is 6.46. The Morgan fingerprint density at radius 3 is 2.45 bits per heavy atom. The first kappa shape index (κ1) is 14.4. The molecule has 0 fully saturated rings. The highest BCUT2D eigenvalue weighted by Crippen LogP contribution is 2.22. The highest BCUT2D eigenvalue weighted by molar-refractivity contribution is 6.35. The van der Waals surface area contributed by atoms with Crippen LogP contribution in [0.1, 0.15) is 5.56 Å². The van der Waals surface area contributed by atoms with Gasteiger partial charge in [0.2, 0.25) is 5.91 Å². The second-order valence-electron chi connectivity index (χ2n) is 4.11. The van der Waals surface area contributed by atoms with Gasteiger partial charge in [-0.2, -0.15) is 0 Å². The van der Waals surface area contributed by atoms with E-state index in [1.807, 2.05) is 0 Å². The van der Waals surface area contributed by atoms with Crippen molar-refractivity contribution >= 4 is 46.6 Å². The zero-order chi connectivity index (χ0) is 14.5. The van der Waals surface area contributed by atoms with E-state index in [-0.39, 0.29) is 5.91 Å². The van der Waals surface area contributed by atoms with Gasteiger partial charge in [0.1, 0.15) is 0 Å². The summed E-state index contributed by atoms with van der Waals surface area (Å²) < 4.78 is 0. The van der Waals surface area contributed by atoms with Crippen molar-refractivity contribution in [3.8, 4) is 0 Å². The molecule has 0 saturated carbocycles. The molecule has 0 aliphatic heterocycles. The van der Waals surface area contributed by atoms with E-state index in [0.717, 1.165) is 5.56 Å². The SMILES string of the molecule is Nc1ccc(NC(=O)/C=C/c2ccc(Cl)cc2Cl)cc1. The molecular formula is C15H12Cl2N2O. The minimum absolute atomic E-state index is 0.249. The van der Waals surface area contributed by atoms with Gasteiger partial charge in [-0.1, -0.05) is 29.3 Å². The molecule has 0 aliphatic carbocycles. The Labute approximate surface area is 127 Å². The van der Waals surface area contributed by atoms with E-state index in [4.69, 9.17) is 28.9 Å². The average Bonchev–Trinajstić information content (AvgIpc) is 2.40. The number of rotatable bonds is 3. The van der Waals surface area contributed by atoms with Crippen LogP contribution in [0.4, 0.5) is 11.4 Å². The van der Waals surface area contributed by atoms with Gasteiger partial charge in [-0.15, -0.1) is 0 Å². The molecular weight excluding hydrogens is 295 g/mol. The minimum atomic E-state index is -0.249. The third-order valence-electron chi connectivity index (χ3n) is 2.55. The standard InChI is InChI=1S/C15H12Cl2N2O/c16-11-3-1-10(14(17)9-11)2-8-15(20)19-13-6-4-12(18)5-7-13/h1-9H,18H2,(H,19,20)/b8-2+. The molecule has 102 valence electrons. The molecule has 0 radical (unpaired) electrons. The lowest BCUT2D eigenvalue weighted by Crippen LogP contribution is -2.07. The highest BCUT2D eigenvalue weighted by Gasteiger charge is 2.00. The number of benzene rings is 2. The van der Waals surface area contributed by atoms with Crippen LogP contribution in [0, 0.1) is 0 Å². The Morgan fingerprint density at radius 1 is 1.10 bits per heavy atom. The summed E-state index contributed by atoms with van der Waals surface area (Å²) in [4.78, 5) is 11.8. The van der Waals surface area contributed by atoms with Crippen LogP contribution in [0.3, 0.4) is 0 Å². The zero-order valence-corrected chi connectivity index (χ0v) is 11.9. The largest absolute Gasteiger partial charge is 0.399 e. The molecule has 0 aromatic heterocycles. The van der Waals surface area contributed by atoms with E-state index < -0.39 is 0 Å². The monoisotopic (exact) mass is 306 g/mol. The molecule has 3 nitrogen and oxygen atoms in total. The molecule has 0 heterocycles. The van der Waals surface area contributed by atoms with Crippen molar-refractivity contribution in [1.82, 2.24) is 0 Å². The average molecular weight is 307 g/mol. The second-order valence-corrected chi connectivity index (χ2v) is 4.95. The fourth-order valence-electron chi connectivity index (χ4n) is 1.55. The van der Waals surface area contributed by atoms with Gasteiger partial charge in [0.05, 0.1) is 0 Å². The molecule has 2 aromatic carbocycles. The van der Waals surface area contributed by atoms with E-state index in [1.165, 1.54) is 6.08 Å². The van der Waals surface area contributed by atoms with Gasteiger partial charge in [-0.25, -0.2) is 0 Å². The van der Waals surface area contributed by atoms with Crippen LogP contribution >= 0.6 is 23.2 Å². The van der Waals surface area contributed by atoms with Gasteiger partial charge in [0.15, 0.2) is 0 Å². The first-order valence-corrected chi connectivity index (χ1v) is 6.60. The molecule has 2 rings (SSSR count). The molecule has 0 aliphatic rings. The summed E-state index contributed by atoms with van der Waals surface area (Å²) in [5.41, 5.74) is 7.62. The smallest absolute Gasteiger partial charge is 0.248 e. The summed E-state index contributed by atoms with van der Waals surface area (Å²) in [6, 6.07) is 12.0. The molecule has 0 atom stereocenters.